The van der Waals surface area contributed by atoms with E-state index >= 15 is 0 Å². The highest BCUT2D eigenvalue weighted by Crippen LogP contribution is 2.26. The van der Waals surface area contributed by atoms with E-state index in [1.807, 2.05) is 11.0 Å². The minimum atomic E-state index is -2.23. The van der Waals surface area contributed by atoms with Gasteiger partial charge in [-0.25, -0.2) is 13.8 Å². The van der Waals surface area contributed by atoms with Crippen LogP contribution < -0.4 is 4.90 Å². The molecule has 3 nitrogen and oxygen atoms in total. The van der Waals surface area contributed by atoms with E-state index in [1.54, 1.807) is 18.2 Å². The van der Waals surface area contributed by atoms with Crippen molar-refractivity contribution in [1.29, 1.82) is 5.26 Å². The quantitative estimate of drug-likeness (QED) is 0.787. The van der Waals surface area contributed by atoms with E-state index < -0.39 is 6.43 Å². The van der Waals surface area contributed by atoms with Crippen LogP contribution in [-0.2, 0) is 0 Å². The van der Waals surface area contributed by atoms with Crippen LogP contribution in [0.25, 0.3) is 0 Å². The number of nitrogens with zero attached hydrogens (tertiary/aromatic N) is 3. The van der Waals surface area contributed by atoms with Crippen molar-refractivity contribution in [3.8, 4) is 6.07 Å². The van der Waals surface area contributed by atoms with Gasteiger partial charge in [0.2, 0.25) is 6.43 Å². The second kappa shape index (κ2) is 4.44. The number of nitriles is 1. The largest absolute Gasteiger partial charge is 0.356 e. The topological polar surface area (TPSA) is 39.9 Å². The van der Waals surface area contributed by atoms with Gasteiger partial charge < -0.3 is 4.90 Å². The summed E-state index contributed by atoms with van der Waals surface area (Å²) in [6, 6.07) is 7.12. The van der Waals surface area contributed by atoms with Crippen molar-refractivity contribution in [2.24, 2.45) is 5.92 Å². The fraction of sp³-hybridized carbons (Fsp3) is 0.455. The molecule has 0 aromatic carbocycles. The van der Waals surface area contributed by atoms with Crippen LogP contribution in [0.15, 0.2) is 18.2 Å². The number of pyridine rings is 1. The van der Waals surface area contributed by atoms with Crippen molar-refractivity contribution in [3.05, 3.63) is 23.9 Å². The third kappa shape index (κ3) is 2.27. The van der Waals surface area contributed by atoms with Crippen LogP contribution >= 0.6 is 0 Å². The molecule has 1 aliphatic heterocycles. The van der Waals surface area contributed by atoms with Gasteiger partial charge >= 0.3 is 0 Å². The molecular weight excluding hydrogens is 212 g/mol. The predicted octanol–water partition coefficient (Wildman–Crippen LogP) is 2.04. The summed E-state index contributed by atoms with van der Waals surface area (Å²) in [7, 11) is 0. The number of aromatic nitrogens is 1. The molecule has 2 rings (SSSR count). The van der Waals surface area contributed by atoms with Crippen molar-refractivity contribution in [2.45, 2.75) is 12.8 Å². The smallest absolute Gasteiger partial charge is 0.239 e. The van der Waals surface area contributed by atoms with Crippen molar-refractivity contribution in [3.63, 3.8) is 0 Å². The van der Waals surface area contributed by atoms with Crippen molar-refractivity contribution >= 4 is 5.82 Å². The Morgan fingerprint density at radius 2 is 2.25 bits per heavy atom. The molecule has 16 heavy (non-hydrogen) atoms. The number of hydrogen-bond donors (Lipinski definition) is 0. The molecule has 1 aromatic heterocycles. The maximum atomic E-state index is 12.1. The number of hydrogen-bond acceptors (Lipinski definition) is 3. The number of alkyl halides is 2. The first-order chi connectivity index (χ1) is 7.69. The lowest BCUT2D eigenvalue weighted by Crippen LogP contribution is -2.47. The Morgan fingerprint density at radius 3 is 2.88 bits per heavy atom. The van der Waals surface area contributed by atoms with Gasteiger partial charge in [-0.3, -0.25) is 0 Å². The zero-order chi connectivity index (χ0) is 11.5. The Balaban J connectivity index is 1.94. The highest BCUT2D eigenvalue weighted by molar-refractivity contribution is 5.44. The summed E-state index contributed by atoms with van der Waals surface area (Å²) in [4.78, 5) is 6.01. The molecule has 0 atom stereocenters. The van der Waals surface area contributed by atoms with E-state index in [9.17, 15) is 8.78 Å². The summed E-state index contributed by atoms with van der Waals surface area (Å²) in [5.41, 5.74) is 0.356. The molecule has 0 bridgehead atoms. The normalized spacial score (nSPS) is 16.0. The lowest BCUT2D eigenvalue weighted by molar-refractivity contribution is 0.107. The van der Waals surface area contributed by atoms with Crippen molar-refractivity contribution in [2.75, 3.05) is 18.0 Å². The summed E-state index contributed by atoms with van der Waals surface area (Å²) < 4.78 is 24.2. The third-order valence-corrected chi connectivity index (χ3v) is 2.64. The maximum Gasteiger partial charge on any atom is 0.239 e. The van der Waals surface area contributed by atoms with E-state index in [0.29, 0.717) is 24.6 Å². The third-order valence-electron chi connectivity index (χ3n) is 2.64. The average molecular weight is 223 g/mol. The van der Waals surface area contributed by atoms with Gasteiger partial charge in [0.15, 0.2) is 0 Å². The van der Waals surface area contributed by atoms with Crippen LogP contribution in [-0.4, -0.2) is 24.5 Å². The number of halogens is 2. The standard InChI is InChI=1S/C11H11F2N3/c12-10(13)4-8-6-16(7-8)11-3-1-2-9(5-14)15-11/h1-3,8,10H,4,6-7H2. The van der Waals surface area contributed by atoms with Crippen LogP contribution in [0.2, 0.25) is 0 Å². The summed E-state index contributed by atoms with van der Waals surface area (Å²) in [6.07, 6.45) is -2.28. The fourth-order valence-electron chi connectivity index (χ4n) is 1.82. The number of anilines is 1. The zero-order valence-electron chi connectivity index (χ0n) is 8.61. The van der Waals surface area contributed by atoms with Crippen molar-refractivity contribution < 1.29 is 8.78 Å². The van der Waals surface area contributed by atoms with Gasteiger partial charge in [0.25, 0.3) is 0 Å². The van der Waals surface area contributed by atoms with E-state index in [-0.39, 0.29) is 12.3 Å². The Labute approximate surface area is 92.3 Å². The monoisotopic (exact) mass is 223 g/mol. The van der Waals surface area contributed by atoms with Crippen LogP contribution in [0, 0.1) is 17.2 Å². The SMILES string of the molecule is N#Cc1cccc(N2CC(CC(F)F)C2)n1. The highest BCUT2D eigenvalue weighted by atomic mass is 19.3. The van der Waals surface area contributed by atoms with E-state index in [2.05, 4.69) is 4.98 Å². The van der Waals surface area contributed by atoms with E-state index in [4.69, 9.17) is 5.26 Å². The van der Waals surface area contributed by atoms with Gasteiger partial charge in [-0.15, -0.1) is 0 Å². The van der Waals surface area contributed by atoms with Gasteiger partial charge in [0, 0.05) is 19.5 Å². The molecule has 84 valence electrons. The van der Waals surface area contributed by atoms with Gasteiger partial charge in [0.05, 0.1) is 0 Å². The molecule has 0 amide bonds. The lowest BCUT2D eigenvalue weighted by atomic mass is 9.96. The molecule has 1 fully saturated rings. The molecule has 0 saturated carbocycles. The summed E-state index contributed by atoms with van der Waals surface area (Å²) in [5.74, 6) is 0.747. The van der Waals surface area contributed by atoms with Gasteiger partial charge in [-0.05, 0) is 18.1 Å². The Morgan fingerprint density at radius 1 is 1.50 bits per heavy atom. The molecule has 1 aromatic rings. The zero-order valence-corrected chi connectivity index (χ0v) is 8.61. The predicted molar refractivity (Wildman–Crippen MR) is 55.3 cm³/mol. The van der Waals surface area contributed by atoms with E-state index in [0.717, 1.165) is 0 Å². The first-order valence-corrected chi connectivity index (χ1v) is 5.09. The number of rotatable bonds is 3. The maximum absolute atomic E-state index is 12.1. The Hall–Kier alpha value is -1.70. The summed E-state index contributed by atoms with van der Waals surface area (Å²) >= 11 is 0. The summed E-state index contributed by atoms with van der Waals surface area (Å²) in [5, 5.41) is 8.68. The lowest BCUT2D eigenvalue weighted by Gasteiger charge is -2.40. The van der Waals surface area contributed by atoms with Crippen LogP contribution in [0.3, 0.4) is 0 Å². The molecule has 2 heterocycles. The second-order valence-electron chi connectivity index (χ2n) is 3.89. The molecule has 1 saturated heterocycles. The van der Waals surface area contributed by atoms with E-state index in [1.165, 1.54) is 0 Å². The summed E-state index contributed by atoms with van der Waals surface area (Å²) in [6.45, 7) is 1.21. The van der Waals surface area contributed by atoms with Gasteiger partial charge in [0.1, 0.15) is 17.6 Å². The van der Waals surface area contributed by atoms with Gasteiger partial charge in [-0.1, -0.05) is 6.07 Å². The average Bonchev–Trinajstić information content (AvgIpc) is 2.22. The first kappa shape index (κ1) is 10.8. The molecule has 1 aliphatic rings. The molecule has 0 radical (unpaired) electrons. The molecular formula is C11H11F2N3. The molecule has 0 spiro atoms. The van der Waals surface area contributed by atoms with Crippen molar-refractivity contribution in [1.82, 2.24) is 4.98 Å². The minimum absolute atomic E-state index is 0.0472. The highest BCUT2D eigenvalue weighted by Gasteiger charge is 2.29. The Bertz CT molecular complexity index is 408. The van der Waals surface area contributed by atoms with Gasteiger partial charge in [-0.2, -0.15) is 5.26 Å². The molecule has 0 unspecified atom stereocenters. The first-order valence-electron chi connectivity index (χ1n) is 5.09. The molecule has 5 heteroatoms. The van der Waals surface area contributed by atoms with Crippen LogP contribution in [0.1, 0.15) is 12.1 Å². The molecule has 0 aliphatic carbocycles. The Kier molecular flexibility index (Phi) is 3.00. The van der Waals surface area contributed by atoms with Crippen LogP contribution in [0.4, 0.5) is 14.6 Å². The fourth-order valence-corrected chi connectivity index (χ4v) is 1.82. The second-order valence-corrected chi connectivity index (χ2v) is 3.89. The minimum Gasteiger partial charge on any atom is -0.356 e. The van der Waals surface area contributed by atoms with Crippen LogP contribution in [0.5, 0.6) is 0 Å². The molecule has 0 N–H and O–H groups in total.